The first-order valence-electron chi connectivity index (χ1n) is 12.3. The number of nitrogens with one attached hydrogen (secondary N) is 1. The molecule has 1 aromatic heterocycles. The molecule has 0 unspecified atom stereocenters. The summed E-state index contributed by atoms with van der Waals surface area (Å²) in [4.78, 5) is 41.9. The van der Waals surface area contributed by atoms with Gasteiger partial charge in [-0.2, -0.15) is 0 Å². The number of rotatable bonds is 5. The lowest BCUT2D eigenvalue weighted by Crippen LogP contribution is -2.47. The van der Waals surface area contributed by atoms with Gasteiger partial charge in [0.2, 0.25) is 5.91 Å². The molecule has 0 bridgehead atoms. The number of H-pyrrole nitrogens is 1. The Hall–Kier alpha value is -2.95. The maximum absolute atomic E-state index is 12.9. The average Bonchev–Trinajstić information content (AvgIpc) is 3.30. The number of aromatic nitrogens is 1. The molecule has 0 radical (unpaired) electrons. The monoisotopic (exact) mass is 645 g/mol. The van der Waals surface area contributed by atoms with Crippen LogP contribution in [0.2, 0.25) is 0 Å². The first-order valence-corrected chi connectivity index (χ1v) is 13.9. The quantitative estimate of drug-likeness (QED) is 0.337. The van der Waals surface area contributed by atoms with E-state index in [0.717, 1.165) is 26.1 Å². The van der Waals surface area contributed by atoms with Crippen LogP contribution in [0.5, 0.6) is 0 Å². The number of carboxylic acids is 2. The Labute approximate surface area is 237 Å². The molecule has 38 heavy (non-hydrogen) atoms. The van der Waals surface area contributed by atoms with Gasteiger partial charge in [0.1, 0.15) is 0 Å². The van der Waals surface area contributed by atoms with Crippen molar-refractivity contribution in [3.05, 3.63) is 73.8 Å². The zero-order valence-corrected chi connectivity index (χ0v) is 24.5. The van der Waals surface area contributed by atoms with Crippen molar-refractivity contribution in [2.45, 2.75) is 26.3 Å². The zero-order valence-electron chi connectivity index (χ0n) is 21.3. The Morgan fingerprint density at radius 1 is 1.05 bits per heavy atom. The van der Waals surface area contributed by atoms with Gasteiger partial charge >= 0.3 is 11.9 Å². The second-order valence-electron chi connectivity index (χ2n) is 9.36. The second-order valence-corrected chi connectivity index (χ2v) is 11.1. The van der Waals surface area contributed by atoms with E-state index in [4.69, 9.17) is 10.2 Å². The van der Waals surface area contributed by atoms with Gasteiger partial charge in [-0.25, -0.2) is 9.59 Å². The van der Waals surface area contributed by atoms with Crippen molar-refractivity contribution in [1.82, 2.24) is 14.8 Å². The summed E-state index contributed by atoms with van der Waals surface area (Å²) in [5.74, 6) is -2.02. The third-order valence-corrected chi connectivity index (χ3v) is 8.49. The number of aromatic amines is 1. The maximum atomic E-state index is 12.9. The van der Waals surface area contributed by atoms with Crippen LogP contribution < -0.4 is 0 Å². The van der Waals surface area contributed by atoms with Crippen LogP contribution in [0.25, 0.3) is 16.5 Å². The van der Waals surface area contributed by atoms with Crippen LogP contribution in [0, 0.1) is 5.92 Å². The van der Waals surface area contributed by atoms with Gasteiger partial charge in [-0.3, -0.25) is 9.69 Å². The molecule has 5 rings (SSSR count). The van der Waals surface area contributed by atoms with Crippen LogP contribution in [-0.4, -0.2) is 75.6 Å². The fraction of sp³-hybridized carbons (Fsp3) is 0.321. The first kappa shape index (κ1) is 28.1. The van der Waals surface area contributed by atoms with Gasteiger partial charge in [-0.1, -0.05) is 18.2 Å². The van der Waals surface area contributed by atoms with Gasteiger partial charge < -0.3 is 20.1 Å². The lowest BCUT2D eigenvalue weighted by molar-refractivity contribution is -0.134. The number of nitrogens with zero attached hydrogens (tertiary/aromatic N) is 2. The Kier molecular flexibility index (Phi) is 8.44. The number of likely N-dealkylation sites (N-methyl/N-ethyl adjacent to an activating group) is 1. The maximum Gasteiger partial charge on any atom is 0.336 e. The Morgan fingerprint density at radius 3 is 2.21 bits per heavy atom. The largest absolute Gasteiger partial charge is 0.478 e. The number of aromatic carboxylic acids is 2. The summed E-state index contributed by atoms with van der Waals surface area (Å²) < 4.78 is 0.483. The minimum atomic E-state index is -1.12. The van der Waals surface area contributed by atoms with Crippen LogP contribution in [-0.2, 0) is 11.2 Å². The van der Waals surface area contributed by atoms with E-state index in [2.05, 4.69) is 93.1 Å². The van der Waals surface area contributed by atoms with Crippen molar-refractivity contribution < 1.29 is 24.6 Å². The van der Waals surface area contributed by atoms with E-state index >= 15 is 0 Å². The molecule has 1 amide bonds. The minimum Gasteiger partial charge on any atom is -0.478 e. The number of benzene rings is 2. The smallest absolute Gasteiger partial charge is 0.336 e. The normalized spacial score (nSPS) is 18.2. The number of carbonyl (C=O) groups excluding carboxylic acids is 1. The molecule has 200 valence electrons. The fourth-order valence-corrected chi connectivity index (χ4v) is 6.28. The van der Waals surface area contributed by atoms with E-state index in [1.165, 1.54) is 39.7 Å². The highest BCUT2D eigenvalue weighted by Crippen LogP contribution is 2.41. The molecule has 8 nitrogen and oxygen atoms in total. The van der Waals surface area contributed by atoms with Crippen molar-refractivity contribution in [3.8, 4) is 0 Å². The van der Waals surface area contributed by atoms with E-state index in [1.807, 2.05) is 4.90 Å². The lowest BCUT2D eigenvalue weighted by atomic mass is 9.79. The van der Waals surface area contributed by atoms with Crippen molar-refractivity contribution in [2.75, 3.05) is 26.7 Å². The van der Waals surface area contributed by atoms with Gasteiger partial charge in [-0.15, -0.1) is 0 Å². The SMILES string of the molecule is CCN(CC)C(=O)[C@@H]1C=C2c3cccc4[nH]cc(c34)C[C@H]2N(C)C1.O=C(O)c1cc(Br)c(C(=O)O)cc1Br. The van der Waals surface area contributed by atoms with Crippen LogP contribution in [0.3, 0.4) is 0 Å². The third-order valence-electron chi connectivity index (χ3n) is 7.18. The summed E-state index contributed by atoms with van der Waals surface area (Å²) in [5.41, 5.74) is 5.24. The van der Waals surface area contributed by atoms with Crippen LogP contribution in [0.4, 0.5) is 0 Å². The van der Waals surface area contributed by atoms with E-state index in [1.54, 1.807) is 0 Å². The van der Waals surface area contributed by atoms with Crippen LogP contribution in [0.15, 0.2) is 51.6 Å². The lowest BCUT2D eigenvalue weighted by Gasteiger charge is -2.40. The summed E-state index contributed by atoms with van der Waals surface area (Å²) in [6, 6.07) is 9.31. The van der Waals surface area contributed by atoms with Crippen molar-refractivity contribution in [2.24, 2.45) is 5.92 Å². The predicted molar refractivity (Wildman–Crippen MR) is 154 cm³/mol. The molecule has 10 heteroatoms. The first-order chi connectivity index (χ1) is 18.1. The highest BCUT2D eigenvalue weighted by atomic mass is 79.9. The Bertz CT molecular complexity index is 1400. The summed E-state index contributed by atoms with van der Waals surface area (Å²) in [5, 5.41) is 18.8. The van der Waals surface area contributed by atoms with Gasteiger partial charge in [0.15, 0.2) is 0 Å². The summed E-state index contributed by atoms with van der Waals surface area (Å²) >= 11 is 5.97. The standard InChI is InChI=1S/C20H25N3O.C8H4Br2O4/c1-4-23(5-2)20(24)14-9-16-15-7-6-8-17-19(15)13(11-21-17)10-18(16)22(3)12-14;9-5-1-3(7(11)12)6(10)2-4(5)8(13)14/h6-9,11,14,18,21H,4-5,10,12H2,1-3H3;1-2H,(H,11,12)(H,13,14)/t14-,18-;/m1./s1. The number of carboxylic acid groups (broad SMARTS) is 2. The molecule has 2 aromatic carbocycles. The van der Waals surface area contributed by atoms with E-state index in [9.17, 15) is 14.4 Å². The number of fused-ring (bicyclic) bond motifs is 2. The molecule has 3 aromatic rings. The molecular formula is C28H29Br2N3O5. The van der Waals surface area contributed by atoms with Crippen LogP contribution >= 0.6 is 31.9 Å². The van der Waals surface area contributed by atoms with Crippen molar-refractivity contribution in [3.63, 3.8) is 0 Å². The predicted octanol–water partition coefficient (Wildman–Crippen LogP) is 5.51. The van der Waals surface area contributed by atoms with E-state index < -0.39 is 11.9 Å². The summed E-state index contributed by atoms with van der Waals surface area (Å²) in [7, 11) is 2.15. The number of hydrogen-bond donors (Lipinski definition) is 3. The van der Waals surface area contributed by atoms with Gasteiger partial charge in [0.05, 0.1) is 17.0 Å². The number of carbonyl (C=O) groups is 3. The minimum absolute atomic E-state index is 0.0156. The Balaban J connectivity index is 0.000000206. The topological polar surface area (TPSA) is 114 Å². The molecule has 0 spiro atoms. The molecule has 0 fully saturated rings. The zero-order chi connectivity index (χ0) is 27.7. The van der Waals surface area contributed by atoms with E-state index in [-0.39, 0.29) is 31.9 Å². The van der Waals surface area contributed by atoms with Crippen molar-refractivity contribution >= 4 is 66.2 Å². The number of amides is 1. The molecule has 2 aliphatic rings. The molecule has 0 saturated carbocycles. The number of halogens is 2. The van der Waals surface area contributed by atoms with Crippen molar-refractivity contribution in [1.29, 1.82) is 0 Å². The van der Waals surface area contributed by atoms with Gasteiger partial charge in [0.25, 0.3) is 0 Å². The summed E-state index contributed by atoms with van der Waals surface area (Å²) in [6.07, 6.45) is 5.41. The molecular weight excluding hydrogens is 618 g/mol. The van der Waals surface area contributed by atoms with Gasteiger partial charge in [-0.05, 0) is 94.1 Å². The highest BCUT2D eigenvalue weighted by molar-refractivity contribution is 9.11. The highest BCUT2D eigenvalue weighted by Gasteiger charge is 2.36. The molecule has 1 aliphatic carbocycles. The fourth-order valence-electron chi connectivity index (χ4n) is 5.25. The van der Waals surface area contributed by atoms with E-state index in [0.29, 0.717) is 6.04 Å². The molecule has 2 heterocycles. The summed E-state index contributed by atoms with van der Waals surface area (Å²) in [6.45, 7) is 6.47. The molecule has 1 aliphatic heterocycles. The second kappa shape index (κ2) is 11.4. The molecule has 3 N–H and O–H groups in total. The van der Waals surface area contributed by atoms with Crippen LogP contribution in [0.1, 0.15) is 45.7 Å². The molecule has 0 saturated heterocycles. The van der Waals surface area contributed by atoms with Gasteiger partial charge in [0, 0.05) is 51.7 Å². The third kappa shape index (κ3) is 5.30. The Morgan fingerprint density at radius 2 is 1.66 bits per heavy atom. The molecule has 2 atom stereocenters. The number of hydrogen-bond acceptors (Lipinski definition) is 4. The average molecular weight is 647 g/mol.